The lowest BCUT2D eigenvalue weighted by Crippen LogP contribution is -2.18. The second-order valence-electron chi connectivity index (χ2n) is 3.73. The summed E-state index contributed by atoms with van der Waals surface area (Å²) in [5, 5.41) is 10.4. The van der Waals surface area contributed by atoms with Crippen molar-refractivity contribution >= 4 is 22.5 Å². The van der Waals surface area contributed by atoms with Crippen LogP contribution in [-0.2, 0) is 7.05 Å². The smallest absolute Gasteiger partial charge is 0.128 e. The van der Waals surface area contributed by atoms with Crippen LogP contribution in [0.25, 0.3) is 10.9 Å². The van der Waals surface area contributed by atoms with E-state index in [1.54, 1.807) is 0 Å². The van der Waals surface area contributed by atoms with Crippen molar-refractivity contribution in [2.45, 2.75) is 6.10 Å². The van der Waals surface area contributed by atoms with Crippen LogP contribution in [0.4, 0.5) is 0 Å². The second kappa shape index (κ2) is 4.76. The zero-order valence-corrected chi connectivity index (χ0v) is 9.81. The molecule has 0 aliphatic heterocycles. The largest absolute Gasteiger partial charge is 0.490 e. The number of rotatable bonds is 4. The minimum Gasteiger partial charge on any atom is -0.490 e. The highest BCUT2D eigenvalue weighted by Gasteiger charge is 2.07. The predicted octanol–water partition coefficient (Wildman–Crippen LogP) is 2.16. The van der Waals surface area contributed by atoms with Crippen molar-refractivity contribution in [3.05, 3.63) is 30.5 Å². The average molecular weight is 240 g/mol. The molecule has 0 amide bonds. The number of halogens is 1. The maximum Gasteiger partial charge on any atom is 0.128 e. The first-order chi connectivity index (χ1) is 7.72. The van der Waals surface area contributed by atoms with Crippen molar-refractivity contribution in [1.29, 1.82) is 0 Å². The van der Waals surface area contributed by atoms with Crippen molar-refractivity contribution in [2.75, 3.05) is 12.5 Å². The Labute approximate surface area is 99.2 Å². The Morgan fingerprint density at radius 3 is 3.00 bits per heavy atom. The Bertz CT molecular complexity index is 481. The standard InChI is InChI=1S/C12H14ClNO2/c1-14-6-5-10-11(14)3-2-4-12(10)16-8-9(15)7-13/h2-6,9,15H,7-8H2,1H3. The van der Waals surface area contributed by atoms with Gasteiger partial charge in [0.05, 0.1) is 11.4 Å². The van der Waals surface area contributed by atoms with E-state index in [1.165, 1.54) is 0 Å². The van der Waals surface area contributed by atoms with Crippen LogP contribution in [0.15, 0.2) is 30.5 Å². The molecular weight excluding hydrogens is 226 g/mol. The molecule has 16 heavy (non-hydrogen) atoms. The molecule has 1 atom stereocenters. The number of aromatic nitrogens is 1. The minimum atomic E-state index is -0.624. The Balaban J connectivity index is 2.24. The molecule has 2 aromatic rings. The fourth-order valence-corrected chi connectivity index (χ4v) is 1.72. The first-order valence-electron chi connectivity index (χ1n) is 5.13. The van der Waals surface area contributed by atoms with Crippen LogP contribution in [0.5, 0.6) is 5.75 Å². The summed E-state index contributed by atoms with van der Waals surface area (Å²) in [6.07, 6.45) is 1.36. The normalized spacial score (nSPS) is 12.9. The molecule has 0 aliphatic carbocycles. The lowest BCUT2D eigenvalue weighted by molar-refractivity contribution is 0.126. The molecule has 1 aromatic heterocycles. The van der Waals surface area contributed by atoms with Gasteiger partial charge >= 0.3 is 0 Å². The van der Waals surface area contributed by atoms with Crippen LogP contribution < -0.4 is 4.74 Å². The number of ether oxygens (including phenoxy) is 1. The second-order valence-corrected chi connectivity index (χ2v) is 4.04. The van der Waals surface area contributed by atoms with Crippen molar-refractivity contribution in [2.24, 2.45) is 7.05 Å². The quantitative estimate of drug-likeness (QED) is 0.830. The van der Waals surface area contributed by atoms with E-state index < -0.39 is 6.10 Å². The summed E-state index contributed by atoms with van der Waals surface area (Å²) in [6, 6.07) is 7.85. The third-order valence-corrected chi connectivity index (χ3v) is 2.85. The van der Waals surface area contributed by atoms with Crippen LogP contribution in [-0.4, -0.2) is 28.3 Å². The van der Waals surface area contributed by atoms with Crippen LogP contribution in [0.1, 0.15) is 0 Å². The highest BCUT2D eigenvalue weighted by atomic mass is 35.5. The van der Waals surface area contributed by atoms with Crippen LogP contribution in [0.2, 0.25) is 0 Å². The molecule has 0 fully saturated rings. The summed E-state index contributed by atoms with van der Waals surface area (Å²) in [5.41, 5.74) is 1.11. The van der Waals surface area contributed by atoms with Crippen molar-refractivity contribution in [3.8, 4) is 5.75 Å². The maximum atomic E-state index is 9.33. The number of aryl methyl sites for hydroxylation is 1. The van der Waals surface area contributed by atoms with E-state index in [4.69, 9.17) is 16.3 Å². The highest BCUT2D eigenvalue weighted by molar-refractivity contribution is 6.18. The van der Waals surface area contributed by atoms with Gasteiger partial charge in [0.2, 0.25) is 0 Å². The van der Waals surface area contributed by atoms with E-state index in [-0.39, 0.29) is 12.5 Å². The van der Waals surface area contributed by atoms with E-state index in [9.17, 15) is 5.11 Å². The van der Waals surface area contributed by atoms with Crippen LogP contribution in [0.3, 0.4) is 0 Å². The van der Waals surface area contributed by atoms with Crippen molar-refractivity contribution in [1.82, 2.24) is 4.57 Å². The summed E-state index contributed by atoms with van der Waals surface area (Å²) in [5.74, 6) is 0.965. The van der Waals surface area contributed by atoms with Gasteiger partial charge in [0.25, 0.3) is 0 Å². The molecule has 3 nitrogen and oxygen atoms in total. The van der Waals surface area contributed by atoms with Gasteiger partial charge in [-0.3, -0.25) is 0 Å². The van der Waals surface area contributed by atoms with E-state index in [2.05, 4.69) is 0 Å². The molecule has 0 radical (unpaired) electrons. The first kappa shape index (κ1) is 11.3. The lowest BCUT2D eigenvalue weighted by atomic mass is 10.2. The van der Waals surface area contributed by atoms with Crippen LogP contribution in [0, 0.1) is 0 Å². The molecule has 86 valence electrons. The van der Waals surface area contributed by atoms with Gasteiger partial charge in [0.1, 0.15) is 18.5 Å². The third kappa shape index (κ3) is 2.15. The van der Waals surface area contributed by atoms with E-state index in [1.807, 2.05) is 42.1 Å². The zero-order valence-electron chi connectivity index (χ0n) is 9.06. The predicted molar refractivity (Wildman–Crippen MR) is 65.1 cm³/mol. The Morgan fingerprint density at radius 1 is 1.44 bits per heavy atom. The van der Waals surface area contributed by atoms with Crippen molar-refractivity contribution < 1.29 is 9.84 Å². The molecule has 0 aliphatic rings. The Kier molecular flexibility index (Phi) is 3.36. The molecule has 1 aromatic carbocycles. The van der Waals surface area contributed by atoms with E-state index in [0.717, 1.165) is 16.7 Å². The Morgan fingerprint density at radius 2 is 2.25 bits per heavy atom. The molecule has 1 N–H and O–H groups in total. The van der Waals surface area contributed by atoms with Crippen molar-refractivity contribution in [3.63, 3.8) is 0 Å². The summed E-state index contributed by atoms with van der Waals surface area (Å²) >= 11 is 5.51. The maximum absolute atomic E-state index is 9.33. The number of benzene rings is 1. The summed E-state index contributed by atoms with van der Waals surface area (Å²) < 4.78 is 7.57. The first-order valence-corrected chi connectivity index (χ1v) is 5.66. The summed E-state index contributed by atoms with van der Waals surface area (Å²) in [4.78, 5) is 0. The number of hydrogen-bond acceptors (Lipinski definition) is 2. The molecule has 1 unspecified atom stereocenters. The fraction of sp³-hybridized carbons (Fsp3) is 0.333. The Hall–Kier alpha value is -1.19. The minimum absolute atomic E-state index is 0.185. The number of aliphatic hydroxyl groups is 1. The molecule has 0 saturated carbocycles. The van der Waals surface area contributed by atoms with E-state index in [0.29, 0.717) is 0 Å². The summed E-state index contributed by atoms with van der Waals surface area (Å²) in [6.45, 7) is 0.220. The molecule has 0 saturated heterocycles. The highest BCUT2D eigenvalue weighted by Crippen LogP contribution is 2.25. The molecular formula is C12H14ClNO2. The topological polar surface area (TPSA) is 34.4 Å². The molecule has 1 heterocycles. The average Bonchev–Trinajstić information content (AvgIpc) is 2.69. The van der Waals surface area contributed by atoms with E-state index >= 15 is 0 Å². The summed E-state index contributed by atoms with van der Waals surface area (Å²) in [7, 11) is 1.99. The van der Waals surface area contributed by atoms with Gasteiger partial charge in [-0.15, -0.1) is 11.6 Å². The van der Waals surface area contributed by atoms with Gasteiger partial charge in [-0.25, -0.2) is 0 Å². The van der Waals surface area contributed by atoms with Gasteiger partial charge in [0, 0.05) is 18.6 Å². The number of aliphatic hydroxyl groups excluding tert-OH is 1. The van der Waals surface area contributed by atoms with Gasteiger partial charge in [0.15, 0.2) is 0 Å². The molecule has 2 rings (SSSR count). The third-order valence-electron chi connectivity index (χ3n) is 2.50. The fourth-order valence-electron chi connectivity index (χ4n) is 1.63. The number of alkyl halides is 1. The molecule has 4 heteroatoms. The van der Waals surface area contributed by atoms with Gasteiger partial charge in [-0.2, -0.15) is 0 Å². The lowest BCUT2D eigenvalue weighted by Gasteiger charge is -2.10. The number of fused-ring (bicyclic) bond motifs is 1. The number of nitrogens with zero attached hydrogens (tertiary/aromatic N) is 1. The monoisotopic (exact) mass is 239 g/mol. The SMILES string of the molecule is Cn1ccc2c(OCC(O)CCl)cccc21. The van der Waals surface area contributed by atoms with Gasteiger partial charge in [-0.1, -0.05) is 6.07 Å². The van der Waals surface area contributed by atoms with Gasteiger partial charge < -0.3 is 14.4 Å². The molecule has 0 spiro atoms. The van der Waals surface area contributed by atoms with Crippen LogP contribution >= 0.6 is 11.6 Å². The number of hydrogen-bond donors (Lipinski definition) is 1. The van der Waals surface area contributed by atoms with Gasteiger partial charge in [-0.05, 0) is 18.2 Å². The molecule has 0 bridgehead atoms. The zero-order chi connectivity index (χ0) is 11.5.